The van der Waals surface area contributed by atoms with Crippen LogP contribution in [-0.2, 0) is 10.3 Å². The lowest BCUT2D eigenvalue weighted by atomic mass is 9.86. The zero-order valence-electron chi connectivity index (χ0n) is 20.7. The number of hydrogen-bond donors (Lipinski definition) is 0. The maximum absolute atomic E-state index is 14.9. The average Bonchev–Trinajstić information content (AvgIpc) is 3.18. The quantitative estimate of drug-likeness (QED) is 0.221. The number of urea groups is 1. The van der Waals surface area contributed by atoms with E-state index in [1.807, 2.05) is 98.8 Å². The highest BCUT2D eigenvalue weighted by atomic mass is 28.3. The molecule has 0 aromatic heterocycles. The predicted octanol–water partition coefficient (Wildman–Crippen LogP) is 4.24. The molecule has 36 heavy (non-hydrogen) atoms. The van der Waals surface area contributed by atoms with Crippen LogP contribution in [0.1, 0.15) is 25.8 Å². The fourth-order valence-electron chi connectivity index (χ4n) is 5.84. The summed E-state index contributed by atoms with van der Waals surface area (Å²) in [6.45, 7) is 4.40. The lowest BCUT2D eigenvalue weighted by Gasteiger charge is -2.39. The third kappa shape index (κ3) is 3.34. The predicted molar refractivity (Wildman–Crippen MR) is 147 cm³/mol. The van der Waals surface area contributed by atoms with Crippen molar-refractivity contribution in [1.82, 2.24) is 9.47 Å². The topological polar surface area (TPSA) is 40.6 Å². The molecule has 0 spiro atoms. The third-order valence-electron chi connectivity index (χ3n) is 7.43. The number of carbonyl (C=O) groups excluding carboxylic acids is 2. The number of benzene rings is 4. The number of hydrogen-bond acceptors (Lipinski definition) is 2. The second kappa shape index (κ2) is 9.59. The number of nitrogens with zero attached hydrogens (tertiary/aromatic N) is 2. The van der Waals surface area contributed by atoms with Crippen molar-refractivity contribution in [3.8, 4) is 0 Å². The number of carbonyl (C=O) groups is 2. The van der Waals surface area contributed by atoms with E-state index in [4.69, 9.17) is 0 Å². The minimum atomic E-state index is -3.32. The lowest BCUT2D eigenvalue weighted by molar-refractivity contribution is -0.131. The van der Waals surface area contributed by atoms with Gasteiger partial charge in [0, 0.05) is 6.54 Å². The summed E-state index contributed by atoms with van der Waals surface area (Å²) in [6.07, 6.45) is 0.495. The van der Waals surface area contributed by atoms with Crippen molar-refractivity contribution < 1.29 is 9.59 Å². The SMILES string of the molecule is CCN1C(=O)N([Si](c2ccccc2)(c2ccccc2)c2ccccc2)C(=O)C1(CC)c1ccccc1. The molecule has 1 fully saturated rings. The van der Waals surface area contributed by atoms with Gasteiger partial charge in [0.05, 0.1) is 0 Å². The maximum Gasteiger partial charge on any atom is 0.320 e. The zero-order chi connectivity index (χ0) is 25.2. The van der Waals surface area contributed by atoms with Gasteiger partial charge in [0.2, 0.25) is 0 Å². The van der Waals surface area contributed by atoms with E-state index in [1.165, 1.54) is 0 Å². The molecule has 4 nitrogen and oxygen atoms in total. The normalized spacial score (nSPS) is 18.1. The van der Waals surface area contributed by atoms with E-state index >= 15 is 0 Å². The van der Waals surface area contributed by atoms with E-state index in [0.717, 1.165) is 21.1 Å². The smallest absolute Gasteiger partial charge is 0.306 e. The van der Waals surface area contributed by atoms with Gasteiger partial charge in [-0.3, -0.25) is 9.36 Å². The number of likely N-dealkylation sites (N-methyl/N-ethyl adjacent to an activating group) is 1. The number of amides is 3. The summed E-state index contributed by atoms with van der Waals surface area (Å²) >= 11 is 0. The molecule has 1 heterocycles. The molecule has 0 aliphatic carbocycles. The van der Waals surface area contributed by atoms with Crippen molar-refractivity contribution in [2.24, 2.45) is 0 Å². The van der Waals surface area contributed by atoms with Crippen molar-refractivity contribution in [3.63, 3.8) is 0 Å². The Kier molecular flexibility index (Phi) is 6.33. The molecule has 180 valence electrons. The van der Waals surface area contributed by atoms with Gasteiger partial charge in [0.1, 0.15) is 5.54 Å². The van der Waals surface area contributed by atoms with Crippen LogP contribution in [0.4, 0.5) is 4.79 Å². The van der Waals surface area contributed by atoms with Crippen LogP contribution in [-0.4, -0.2) is 36.2 Å². The molecule has 1 atom stereocenters. The van der Waals surface area contributed by atoms with Gasteiger partial charge in [-0.15, -0.1) is 0 Å². The number of imide groups is 1. The first-order valence-corrected chi connectivity index (χ1v) is 14.5. The van der Waals surface area contributed by atoms with Crippen LogP contribution in [0.3, 0.4) is 0 Å². The second-order valence-electron chi connectivity index (χ2n) is 9.06. The Labute approximate surface area is 213 Å². The lowest BCUT2D eigenvalue weighted by Crippen LogP contribution is -2.78. The Bertz CT molecular complexity index is 1250. The van der Waals surface area contributed by atoms with E-state index in [2.05, 4.69) is 36.4 Å². The van der Waals surface area contributed by atoms with Crippen LogP contribution >= 0.6 is 0 Å². The van der Waals surface area contributed by atoms with E-state index in [9.17, 15) is 9.59 Å². The molecule has 5 heteroatoms. The molecule has 0 saturated carbocycles. The molecule has 3 amide bonds. The van der Waals surface area contributed by atoms with Gasteiger partial charge in [-0.05, 0) is 34.5 Å². The van der Waals surface area contributed by atoms with Gasteiger partial charge in [0.25, 0.3) is 14.1 Å². The Morgan fingerprint density at radius 1 is 0.611 bits per heavy atom. The molecule has 1 aliphatic heterocycles. The minimum absolute atomic E-state index is 0.147. The summed E-state index contributed by atoms with van der Waals surface area (Å²) in [5.41, 5.74) is -0.198. The highest BCUT2D eigenvalue weighted by molar-refractivity contribution is 7.11. The van der Waals surface area contributed by atoms with Crippen molar-refractivity contribution in [3.05, 3.63) is 127 Å². The fraction of sp³-hybridized carbons (Fsp3) is 0.161. The Morgan fingerprint density at radius 2 is 1.00 bits per heavy atom. The standard InChI is InChI=1S/C31H30N2O2Si/c1-3-31(25-17-9-5-10-18-25)29(34)33(30(35)32(31)4-2)36(26-19-11-6-12-20-26,27-21-13-7-14-22-27)28-23-15-8-16-24-28/h5-24H,3-4H2,1-2H3. The summed E-state index contributed by atoms with van der Waals surface area (Å²) < 4.78 is 1.66. The number of rotatable bonds is 7. The van der Waals surface area contributed by atoms with Crippen molar-refractivity contribution in [2.45, 2.75) is 25.8 Å². The van der Waals surface area contributed by atoms with Crippen LogP contribution in [0, 0.1) is 0 Å². The Hall–Kier alpha value is -3.96. The summed E-state index contributed by atoms with van der Waals surface area (Å²) in [7, 11) is -3.32. The van der Waals surface area contributed by atoms with Crippen molar-refractivity contribution in [1.29, 1.82) is 0 Å². The fourth-order valence-corrected chi connectivity index (χ4v) is 10.5. The van der Waals surface area contributed by atoms with Crippen LogP contribution < -0.4 is 15.6 Å². The summed E-state index contributed by atoms with van der Waals surface area (Å²) in [5, 5.41) is 3.00. The highest BCUT2D eigenvalue weighted by Crippen LogP contribution is 2.42. The van der Waals surface area contributed by atoms with Crippen molar-refractivity contribution in [2.75, 3.05) is 6.54 Å². The van der Waals surface area contributed by atoms with E-state index < -0.39 is 13.8 Å². The molecule has 4 aromatic carbocycles. The first kappa shape index (κ1) is 23.8. The van der Waals surface area contributed by atoms with Gasteiger partial charge in [-0.2, -0.15) is 0 Å². The molecular weight excluding hydrogens is 460 g/mol. The molecule has 1 unspecified atom stereocenters. The molecule has 0 bridgehead atoms. The Morgan fingerprint density at radius 3 is 1.36 bits per heavy atom. The van der Waals surface area contributed by atoms with Gasteiger partial charge in [0.15, 0.2) is 0 Å². The zero-order valence-corrected chi connectivity index (χ0v) is 21.7. The molecule has 1 aliphatic rings. The highest BCUT2D eigenvalue weighted by Gasteiger charge is 2.64. The van der Waals surface area contributed by atoms with Gasteiger partial charge in [-0.25, -0.2) is 4.79 Å². The van der Waals surface area contributed by atoms with Gasteiger partial charge in [-0.1, -0.05) is 128 Å². The second-order valence-corrected chi connectivity index (χ2v) is 12.7. The summed E-state index contributed by atoms with van der Waals surface area (Å²) in [4.78, 5) is 31.2. The molecule has 0 N–H and O–H groups in total. The molecule has 4 aromatic rings. The van der Waals surface area contributed by atoms with E-state index in [-0.39, 0.29) is 11.9 Å². The molecule has 5 rings (SSSR count). The van der Waals surface area contributed by atoms with Crippen LogP contribution in [0.5, 0.6) is 0 Å². The summed E-state index contributed by atoms with van der Waals surface area (Å²) in [6, 6.07) is 39.8. The minimum Gasteiger partial charge on any atom is -0.306 e. The largest absolute Gasteiger partial charge is 0.320 e. The van der Waals surface area contributed by atoms with Crippen LogP contribution in [0.2, 0.25) is 0 Å². The Balaban J connectivity index is 1.88. The molecular formula is C31H30N2O2Si. The van der Waals surface area contributed by atoms with E-state index in [0.29, 0.717) is 13.0 Å². The van der Waals surface area contributed by atoms with Gasteiger partial charge < -0.3 is 4.90 Å². The molecule has 0 radical (unpaired) electrons. The first-order chi connectivity index (χ1) is 17.6. The van der Waals surface area contributed by atoms with E-state index in [1.54, 1.807) is 9.47 Å². The summed E-state index contributed by atoms with van der Waals surface area (Å²) in [5.74, 6) is -0.147. The monoisotopic (exact) mass is 490 g/mol. The first-order valence-electron chi connectivity index (χ1n) is 12.5. The van der Waals surface area contributed by atoms with Crippen LogP contribution in [0.15, 0.2) is 121 Å². The van der Waals surface area contributed by atoms with Gasteiger partial charge >= 0.3 is 6.03 Å². The maximum atomic E-state index is 14.9. The third-order valence-corrected chi connectivity index (χ3v) is 12.0. The van der Waals surface area contributed by atoms with Crippen LogP contribution in [0.25, 0.3) is 0 Å². The molecule has 1 saturated heterocycles. The van der Waals surface area contributed by atoms with Crippen molar-refractivity contribution >= 4 is 35.7 Å². The average molecular weight is 491 g/mol.